The fraction of sp³-hybridized carbons (Fsp3) is 0.480. The molecule has 31 heavy (non-hydrogen) atoms. The summed E-state index contributed by atoms with van der Waals surface area (Å²) < 4.78 is 10.9. The number of benzene rings is 2. The van der Waals surface area contributed by atoms with Gasteiger partial charge in [0.1, 0.15) is 17.5 Å². The predicted octanol–water partition coefficient (Wildman–Crippen LogP) is 3.19. The van der Waals surface area contributed by atoms with E-state index >= 15 is 0 Å². The molecular formula is C25H33N3O3. The molecule has 2 aliphatic heterocycles. The van der Waals surface area contributed by atoms with E-state index in [9.17, 15) is 4.79 Å². The minimum atomic E-state index is -0.187. The van der Waals surface area contributed by atoms with Crippen molar-refractivity contribution in [2.24, 2.45) is 0 Å². The molecule has 2 aromatic carbocycles. The normalized spacial score (nSPS) is 18.7. The van der Waals surface area contributed by atoms with E-state index in [0.717, 1.165) is 81.3 Å². The van der Waals surface area contributed by atoms with Crippen molar-refractivity contribution in [2.75, 3.05) is 53.5 Å². The number of nitrogens with zero attached hydrogens (tertiary/aromatic N) is 3. The molecule has 1 atom stereocenters. The highest BCUT2D eigenvalue weighted by Gasteiger charge is 2.34. The highest BCUT2D eigenvalue weighted by Crippen LogP contribution is 2.29. The van der Waals surface area contributed by atoms with Crippen molar-refractivity contribution in [3.8, 4) is 11.5 Å². The van der Waals surface area contributed by atoms with Crippen molar-refractivity contribution < 1.29 is 14.3 Å². The Balaban J connectivity index is 1.45. The van der Waals surface area contributed by atoms with Gasteiger partial charge in [-0.1, -0.05) is 30.3 Å². The van der Waals surface area contributed by atoms with Gasteiger partial charge in [0.2, 0.25) is 5.91 Å². The molecule has 0 aromatic heterocycles. The summed E-state index contributed by atoms with van der Waals surface area (Å²) >= 11 is 0. The van der Waals surface area contributed by atoms with Crippen molar-refractivity contribution in [1.82, 2.24) is 14.7 Å². The molecule has 0 spiro atoms. The SMILES string of the molecule is COc1ccc(OC)c(CN2CCN([C@@H](C(=O)N3CCCC3)c3ccccc3)CC2)c1. The zero-order valence-corrected chi connectivity index (χ0v) is 18.6. The van der Waals surface area contributed by atoms with E-state index in [1.807, 2.05) is 35.2 Å². The summed E-state index contributed by atoms with van der Waals surface area (Å²) in [4.78, 5) is 20.2. The number of piperazine rings is 1. The van der Waals surface area contributed by atoms with E-state index < -0.39 is 0 Å². The third-order valence-corrected chi connectivity index (χ3v) is 6.42. The Morgan fingerprint density at radius 3 is 2.26 bits per heavy atom. The Morgan fingerprint density at radius 1 is 0.903 bits per heavy atom. The Labute approximate surface area is 185 Å². The molecule has 0 bridgehead atoms. The minimum absolute atomic E-state index is 0.187. The summed E-state index contributed by atoms with van der Waals surface area (Å²) in [5.41, 5.74) is 2.23. The summed E-state index contributed by atoms with van der Waals surface area (Å²) in [5, 5.41) is 0. The molecule has 6 nitrogen and oxygen atoms in total. The summed E-state index contributed by atoms with van der Waals surface area (Å²) in [6.07, 6.45) is 2.23. The van der Waals surface area contributed by atoms with Crippen molar-refractivity contribution in [3.05, 3.63) is 59.7 Å². The van der Waals surface area contributed by atoms with E-state index in [1.165, 1.54) is 0 Å². The maximum absolute atomic E-state index is 13.4. The number of hydrogen-bond donors (Lipinski definition) is 0. The van der Waals surface area contributed by atoms with Crippen LogP contribution in [0.25, 0.3) is 0 Å². The highest BCUT2D eigenvalue weighted by atomic mass is 16.5. The standard InChI is InChI=1S/C25H33N3O3/c1-30-22-10-11-23(31-2)21(18-22)19-26-14-16-27(17-15-26)24(20-8-4-3-5-9-20)25(29)28-12-6-7-13-28/h3-5,8-11,18,24H,6-7,12-17,19H2,1-2H3/t24-/m1/s1. The Hall–Kier alpha value is -2.57. The number of methoxy groups -OCH3 is 2. The molecule has 2 fully saturated rings. The second-order valence-electron chi connectivity index (χ2n) is 8.34. The first-order valence-corrected chi connectivity index (χ1v) is 11.2. The first-order chi connectivity index (χ1) is 15.2. The Bertz CT molecular complexity index is 860. The number of amides is 1. The molecule has 6 heteroatoms. The first-order valence-electron chi connectivity index (χ1n) is 11.2. The number of likely N-dealkylation sites (tertiary alicyclic amines) is 1. The van der Waals surface area contributed by atoms with E-state index in [-0.39, 0.29) is 11.9 Å². The maximum Gasteiger partial charge on any atom is 0.244 e. The lowest BCUT2D eigenvalue weighted by Gasteiger charge is -2.40. The third-order valence-electron chi connectivity index (χ3n) is 6.42. The van der Waals surface area contributed by atoms with Crippen LogP contribution in [0.3, 0.4) is 0 Å². The smallest absolute Gasteiger partial charge is 0.244 e. The van der Waals surface area contributed by atoms with Crippen molar-refractivity contribution in [1.29, 1.82) is 0 Å². The van der Waals surface area contributed by atoms with Crippen LogP contribution in [-0.4, -0.2) is 74.1 Å². The first kappa shape index (κ1) is 21.7. The molecule has 0 N–H and O–H groups in total. The lowest BCUT2D eigenvalue weighted by molar-refractivity contribution is -0.137. The minimum Gasteiger partial charge on any atom is -0.497 e. The summed E-state index contributed by atoms with van der Waals surface area (Å²) in [6, 6.07) is 16.0. The third kappa shape index (κ3) is 5.02. The summed E-state index contributed by atoms with van der Waals surface area (Å²) in [5.74, 6) is 1.98. The molecule has 0 unspecified atom stereocenters. The molecule has 2 aliphatic rings. The topological polar surface area (TPSA) is 45.3 Å². The lowest BCUT2D eigenvalue weighted by atomic mass is 10.0. The van der Waals surface area contributed by atoms with E-state index in [4.69, 9.17) is 9.47 Å². The van der Waals surface area contributed by atoms with Crippen molar-refractivity contribution in [3.63, 3.8) is 0 Å². The Morgan fingerprint density at radius 2 is 1.61 bits per heavy atom. The number of rotatable bonds is 7. The molecule has 1 amide bonds. The molecule has 2 saturated heterocycles. The molecule has 2 heterocycles. The van der Waals surface area contributed by atoms with Crippen molar-refractivity contribution >= 4 is 5.91 Å². The Kier molecular flexibility index (Phi) is 7.10. The quantitative estimate of drug-likeness (QED) is 0.685. The highest BCUT2D eigenvalue weighted by molar-refractivity contribution is 5.83. The van der Waals surface area contributed by atoms with Crippen molar-refractivity contribution in [2.45, 2.75) is 25.4 Å². The van der Waals surface area contributed by atoms with Crippen LogP contribution in [0.2, 0.25) is 0 Å². The molecular weight excluding hydrogens is 390 g/mol. The van der Waals surface area contributed by atoms with Crippen LogP contribution in [0, 0.1) is 0 Å². The monoisotopic (exact) mass is 423 g/mol. The number of hydrogen-bond acceptors (Lipinski definition) is 5. The second kappa shape index (κ2) is 10.2. The fourth-order valence-electron chi connectivity index (χ4n) is 4.68. The van der Waals surface area contributed by atoms with Gasteiger partial charge in [0, 0.05) is 51.4 Å². The molecule has 166 valence electrons. The average molecular weight is 424 g/mol. The van der Waals surface area contributed by atoms with Crippen LogP contribution in [-0.2, 0) is 11.3 Å². The van der Waals surface area contributed by atoms with Gasteiger partial charge in [-0.25, -0.2) is 0 Å². The van der Waals surface area contributed by atoms with Crippen LogP contribution >= 0.6 is 0 Å². The van der Waals surface area contributed by atoms with Crippen LogP contribution in [0.5, 0.6) is 11.5 Å². The molecule has 4 rings (SSSR count). The summed E-state index contributed by atoms with van der Waals surface area (Å²) in [7, 11) is 3.39. The van der Waals surface area contributed by atoms with Gasteiger partial charge in [-0.05, 0) is 36.6 Å². The maximum atomic E-state index is 13.4. The van der Waals surface area contributed by atoms with Gasteiger partial charge >= 0.3 is 0 Å². The molecule has 2 aromatic rings. The second-order valence-corrected chi connectivity index (χ2v) is 8.34. The van der Waals surface area contributed by atoms with E-state index in [2.05, 4.69) is 28.0 Å². The zero-order valence-electron chi connectivity index (χ0n) is 18.6. The average Bonchev–Trinajstić information content (AvgIpc) is 3.36. The van der Waals surface area contributed by atoms with Gasteiger partial charge in [-0.2, -0.15) is 0 Å². The van der Waals surface area contributed by atoms with Crippen LogP contribution in [0.4, 0.5) is 0 Å². The van der Waals surface area contributed by atoms with Gasteiger partial charge in [0.15, 0.2) is 0 Å². The van der Waals surface area contributed by atoms with Gasteiger partial charge in [0.25, 0.3) is 0 Å². The predicted molar refractivity (Wildman–Crippen MR) is 121 cm³/mol. The van der Waals surface area contributed by atoms with Crippen LogP contribution in [0.1, 0.15) is 30.0 Å². The molecule has 0 aliphatic carbocycles. The van der Waals surface area contributed by atoms with Gasteiger partial charge in [-0.15, -0.1) is 0 Å². The fourth-order valence-corrected chi connectivity index (χ4v) is 4.68. The van der Waals surface area contributed by atoms with Gasteiger partial charge < -0.3 is 14.4 Å². The van der Waals surface area contributed by atoms with E-state index in [1.54, 1.807) is 14.2 Å². The molecule has 0 radical (unpaired) electrons. The largest absolute Gasteiger partial charge is 0.497 e. The number of carbonyl (C=O) groups excluding carboxylic acids is 1. The lowest BCUT2D eigenvalue weighted by Crippen LogP contribution is -2.51. The molecule has 0 saturated carbocycles. The van der Waals surface area contributed by atoms with E-state index in [0.29, 0.717) is 0 Å². The van der Waals surface area contributed by atoms with Crippen LogP contribution in [0.15, 0.2) is 48.5 Å². The van der Waals surface area contributed by atoms with Gasteiger partial charge in [0.05, 0.1) is 14.2 Å². The summed E-state index contributed by atoms with van der Waals surface area (Å²) in [6.45, 7) is 6.14. The zero-order chi connectivity index (χ0) is 21.6. The number of ether oxygens (including phenoxy) is 2. The van der Waals surface area contributed by atoms with Crippen LogP contribution < -0.4 is 9.47 Å². The number of carbonyl (C=O) groups is 1. The van der Waals surface area contributed by atoms with Gasteiger partial charge in [-0.3, -0.25) is 14.6 Å².